The predicted octanol–water partition coefficient (Wildman–Crippen LogP) is 2.88. The number of hydrogen-bond acceptors (Lipinski definition) is 10. The van der Waals surface area contributed by atoms with Gasteiger partial charge in [0.2, 0.25) is 5.95 Å². The zero-order valence-electron chi connectivity index (χ0n) is 19.7. The summed E-state index contributed by atoms with van der Waals surface area (Å²) in [5.41, 5.74) is 3.29. The van der Waals surface area contributed by atoms with Gasteiger partial charge in [0.25, 0.3) is 0 Å². The highest BCUT2D eigenvalue weighted by Crippen LogP contribution is 2.38. The van der Waals surface area contributed by atoms with Gasteiger partial charge in [0.1, 0.15) is 22.4 Å². The molecule has 5 N–H and O–H groups in total. The number of thiazole rings is 1. The third-order valence-corrected chi connectivity index (χ3v) is 8.32. The van der Waals surface area contributed by atoms with Crippen LogP contribution >= 0.6 is 11.3 Å². The number of aliphatic hydroxyl groups excluding tert-OH is 3. The van der Waals surface area contributed by atoms with Crippen LogP contribution in [0, 0.1) is 25.7 Å². The van der Waals surface area contributed by atoms with E-state index in [9.17, 15) is 15.3 Å². The number of aromatic nitrogens is 4. The van der Waals surface area contributed by atoms with E-state index in [1.165, 1.54) is 19.3 Å². The Kier molecular flexibility index (Phi) is 6.41. The average molecular weight is 485 g/mol. The minimum atomic E-state index is -1.01. The van der Waals surface area contributed by atoms with Gasteiger partial charge in [-0.05, 0) is 52.0 Å². The van der Waals surface area contributed by atoms with Crippen molar-refractivity contribution in [2.45, 2.75) is 70.7 Å². The van der Waals surface area contributed by atoms with E-state index >= 15 is 0 Å². The Morgan fingerprint density at radius 2 is 1.94 bits per heavy atom. The lowest BCUT2D eigenvalue weighted by atomic mass is 9.80. The van der Waals surface area contributed by atoms with Gasteiger partial charge in [-0.25, -0.2) is 9.97 Å². The number of rotatable bonds is 7. The van der Waals surface area contributed by atoms with Gasteiger partial charge < -0.3 is 26.0 Å². The maximum atomic E-state index is 10.6. The van der Waals surface area contributed by atoms with E-state index in [0.717, 1.165) is 32.2 Å². The first-order valence-electron chi connectivity index (χ1n) is 12.0. The number of anilines is 2. The van der Waals surface area contributed by atoms with Crippen molar-refractivity contribution < 1.29 is 15.3 Å². The van der Waals surface area contributed by atoms with E-state index in [0.29, 0.717) is 24.1 Å². The Labute approximate surface area is 202 Å². The van der Waals surface area contributed by atoms with E-state index in [1.807, 2.05) is 19.9 Å². The number of hydrogen-bond donors (Lipinski definition) is 5. The maximum absolute atomic E-state index is 10.6. The molecule has 5 rings (SSSR count). The van der Waals surface area contributed by atoms with Crippen molar-refractivity contribution in [3.8, 4) is 10.6 Å². The van der Waals surface area contributed by atoms with Crippen LogP contribution < -0.4 is 10.6 Å². The van der Waals surface area contributed by atoms with Crippen molar-refractivity contribution in [3.05, 3.63) is 23.7 Å². The SMILES string of the molecule is Cc1cc2sc(-c3c(C)nc(N[C@H](C)C4CCC4)nc3N[C@@H]3C[C@H](CO)[C@@H](O)[C@H]3O)nc2cn1. The molecule has 0 spiro atoms. The molecule has 5 atom stereocenters. The van der Waals surface area contributed by atoms with Crippen LogP contribution in [0.1, 0.15) is 44.0 Å². The molecule has 0 radical (unpaired) electrons. The fourth-order valence-corrected chi connectivity index (χ4v) is 6.05. The molecule has 182 valence electrons. The highest BCUT2D eigenvalue weighted by atomic mass is 32.1. The summed E-state index contributed by atoms with van der Waals surface area (Å²) in [6.07, 6.45) is 3.91. The van der Waals surface area contributed by atoms with Gasteiger partial charge in [-0.3, -0.25) is 4.98 Å². The fourth-order valence-electron chi connectivity index (χ4n) is 4.92. The smallest absolute Gasteiger partial charge is 0.225 e. The molecular weight excluding hydrogens is 452 g/mol. The summed E-state index contributed by atoms with van der Waals surface area (Å²) in [5.74, 6) is 1.34. The third kappa shape index (κ3) is 4.35. The molecule has 3 aromatic heterocycles. The van der Waals surface area contributed by atoms with Crippen LogP contribution in [0.4, 0.5) is 11.8 Å². The Morgan fingerprint density at radius 1 is 1.15 bits per heavy atom. The number of nitrogens with zero attached hydrogens (tertiary/aromatic N) is 4. The molecule has 2 aliphatic rings. The van der Waals surface area contributed by atoms with E-state index < -0.39 is 18.2 Å². The van der Waals surface area contributed by atoms with Gasteiger partial charge in [0, 0.05) is 24.3 Å². The molecule has 0 saturated heterocycles. The quantitative estimate of drug-likeness (QED) is 0.343. The summed E-state index contributed by atoms with van der Waals surface area (Å²) < 4.78 is 1.03. The second-order valence-corrected chi connectivity index (χ2v) is 10.7. The molecule has 34 heavy (non-hydrogen) atoms. The molecule has 9 nitrogen and oxygen atoms in total. The van der Waals surface area contributed by atoms with E-state index in [2.05, 4.69) is 22.5 Å². The number of aliphatic hydroxyl groups is 3. The van der Waals surface area contributed by atoms with Crippen molar-refractivity contribution in [2.75, 3.05) is 17.2 Å². The number of nitrogens with one attached hydrogen (secondary N) is 2. The first kappa shape index (κ1) is 23.3. The summed E-state index contributed by atoms with van der Waals surface area (Å²) in [6.45, 7) is 5.87. The topological polar surface area (TPSA) is 136 Å². The molecule has 3 heterocycles. The predicted molar refractivity (Wildman–Crippen MR) is 133 cm³/mol. The summed E-state index contributed by atoms with van der Waals surface area (Å²) in [5, 5.41) is 38.1. The molecule has 0 aliphatic heterocycles. The van der Waals surface area contributed by atoms with Crippen LogP contribution in [-0.4, -0.2) is 66.2 Å². The molecule has 0 aromatic carbocycles. The van der Waals surface area contributed by atoms with Crippen molar-refractivity contribution in [2.24, 2.45) is 11.8 Å². The second kappa shape index (κ2) is 9.33. The number of aryl methyl sites for hydroxylation is 2. The van der Waals surface area contributed by atoms with E-state index in [4.69, 9.17) is 15.0 Å². The largest absolute Gasteiger partial charge is 0.396 e. The van der Waals surface area contributed by atoms with Gasteiger partial charge in [0.05, 0.1) is 34.3 Å². The Morgan fingerprint density at radius 3 is 2.62 bits per heavy atom. The van der Waals surface area contributed by atoms with Crippen molar-refractivity contribution >= 4 is 33.3 Å². The van der Waals surface area contributed by atoms with Gasteiger partial charge in [-0.15, -0.1) is 11.3 Å². The molecule has 3 aromatic rings. The van der Waals surface area contributed by atoms with E-state index in [-0.39, 0.29) is 18.6 Å². The molecular formula is C24H32N6O3S. The lowest BCUT2D eigenvalue weighted by Gasteiger charge is -2.32. The Hall–Kier alpha value is -2.40. The van der Waals surface area contributed by atoms with Crippen LogP contribution in [0.25, 0.3) is 20.8 Å². The van der Waals surface area contributed by atoms with Crippen molar-refractivity contribution in [1.82, 2.24) is 19.9 Å². The molecule has 2 saturated carbocycles. The van der Waals surface area contributed by atoms with Gasteiger partial charge in [-0.1, -0.05) is 6.42 Å². The highest BCUT2D eigenvalue weighted by molar-refractivity contribution is 7.21. The maximum Gasteiger partial charge on any atom is 0.225 e. The fraction of sp³-hybridized carbons (Fsp3) is 0.583. The van der Waals surface area contributed by atoms with Crippen LogP contribution in [0.3, 0.4) is 0 Å². The van der Waals surface area contributed by atoms with Gasteiger partial charge >= 0.3 is 0 Å². The molecule has 0 bridgehead atoms. The zero-order valence-corrected chi connectivity index (χ0v) is 20.5. The number of fused-ring (bicyclic) bond motifs is 1. The zero-order chi connectivity index (χ0) is 24.0. The van der Waals surface area contributed by atoms with Gasteiger partial charge in [-0.2, -0.15) is 4.98 Å². The van der Waals surface area contributed by atoms with Gasteiger partial charge in [0.15, 0.2) is 0 Å². The number of pyridine rings is 1. The lowest BCUT2D eigenvalue weighted by Crippen LogP contribution is -2.36. The second-order valence-electron chi connectivity index (χ2n) is 9.70. The molecule has 10 heteroatoms. The van der Waals surface area contributed by atoms with Crippen LogP contribution in [0.5, 0.6) is 0 Å². The molecule has 0 unspecified atom stereocenters. The highest BCUT2D eigenvalue weighted by Gasteiger charge is 2.41. The normalized spacial score (nSPS) is 25.9. The first-order chi connectivity index (χ1) is 16.3. The van der Waals surface area contributed by atoms with Crippen molar-refractivity contribution in [1.29, 1.82) is 0 Å². The molecule has 0 amide bonds. The average Bonchev–Trinajstić information content (AvgIpc) is 3.27. The van der Waals surface area contributed by atoms with Crippen LogP contribution in [-0.2, 0) is 0 Å². The minimum Gasteiger partial charge on any atom is -0.396 e. The van der Waals surface area contributed by atoms with Crippen molar-refractivity contribution in [3.63, 3.8) is 0 Å². The Bertz CT molecular complexity index is 1180. The molecule has 2 aliphatic carbocycles. The van der Waals surface area contributed by atoms with Crippen LogP contribution in [0.2, 0.25) is 0 Å². The van der Waals surface area contributed by atoms with Crippen LogP contribution in [0.15, 0.2) is 12.3 Å². The monoisotopic (exact) mass is 484 g/mol. The summed E-state index contributed by atoms with van der Waals surface area (Å²) in [7, 11) is 0. The summed E-state index contributed by atoms with van der Waals surface area (Å²) in [4.78, 5) is 18.7. The Balaban J connectivity index is 1.53. The summed E-state index contributed by atoms with van der Waals surface area (Å²) >= 11 is 1.55. The summed E-state index contributed by atoms with van der Waals surface area (Å²) in [6, 6.07) is 1.83. The molecule has 2 fully saturated rings. The lowest BCUT2D eigenvalue weighted by molar-refractivity contribution is 0.00446. The standard InChI is InChI=1S/C24H32N6O3S/c1-11-7-18-17(9-25-11)29-23(34-18)19-13(3)27-24(26-12(2)14-5-4-6-14)30-22(19)28-16-8-15(10-31)20(32)21(16)33/h7,9,12,14-16,20-21,31-33H,4-6,8,10H2,1-3H3,(H2,26,27,28,30)/t12-,15-,16-,20-,21+/m1/s1. The third-order valence-electron chi connectivity index (χ3n) is 7.29. The first-order valence-corrected chi connectivity index (χ1v) is 12.8. The minimum absolute atomic E-state index is 0.179. The van der Waals surface area contributed by atoms with E-state index in [1.54, 1.807) is 17.5 Å².